The monoisotopic (exact) mass is 270 g/mol. The molecule has 4 nitrogen and oxygen atoms in total. The summed E-state index contributed by atoms with van der Waals surface area (Å²) in [5, 5.41) is 3.45. The number of ether oxygens (including phenoxy) is 2. The molecule has 4 heteroatoms. The van der Waals surface area contributed by atoms with Crippen molar-refractivity contribution in [3.8, 4) is 0 Å². The molecule has 0 aliphatic carbocycles. The van der Waals surface area contributed by atoms with E-state index in [2.05, 4.69) is 24.2 Å². The second kappa shape index (κ2) is 8.20. The van der Waals surface area contributed by atoms with Crippen molar-refractivity contribution < 1.29 is 9.47 Å². The van der Waals surface area contributed by atoms with E-state index in [1.54, 1.807) is 0 Å². The van der Waals surface area contributed by atoms with Crippen molar-refractivity contribution >= 4 is 0 Å². The Hall–Kier alpha value is -0.160. The van der Waals surface area contributed by atoms with Crippen LogP contribution in [0.2, 0.25) is 0 Å². The molecule has 0 saturated carbocycles. The first-order chi connectivity index (χ1) is 9.33. The van der Waals surface area contributed by atoms with Crippen molar-refractivity contribution in [1.82, 2.24) is 10.2 Å². The lowest BCUT2D eigenvalue weighted by Crippen LogP contribution is -2.51. The third-order valence-corrected chi connectivity index (χ3v) is 4.51. The highest BCUT2D eigenvalue weighted by Gasteiger charge is 2.26. The summed E-state index contributed by atoms with van der Waals surface area (Å²) in [7, 11) is 2.06. The average molecular weight is 270 g/mol. The van der Waals surface area contributed by atoms with E-state index in [0.717, 1.165) is 32.8 Å². The Morgan fingerprint density at radius 1 is 1.32 bits per heavy atom. The number of nitrogens with one attached hydrogen (secondary N) is 1. The number of likely N-dealkylation sites (N-methyl/N-ethyl adjacent to an activating group) is 2. The Balaban J connectivity index is 1.69. The van der Waals surface area contributed by atoms with Crippen LogP contribution < -0.4 is 5.32 Å². The molecular weight excluding hydrogens is 240 g/mol. The van der Waals surface area contributed by atoms with Gasteiger partial charge < -0.3 is 14.8 Å². The third-order valence-electron chi connectivity index (χ3n) is 4.51. The van der Waals surface area contributed by atoms with Gasteiger partial charge in [0.15, 0.2) is 0 Å². The fourth-order valence-corrected chi connectivity index (χ4v) is 3.22. The van der Waals surface area contributed by atoms with Crippen LogP contribution in [0.1, 0.15) is 39.0 Å². The van der Waals surface area contributed by atoms with Gasteiger partial charge in [0.1, 0.15) is 0 Å². The van der Waals surface area contributed by atoms with Gasteiger partial charge in [-0.3, -0.25) is 4.90 Å². The van der Waals surface area contributed by atoms with E-state index in [1.807, 2.05) is 0 Å². The van der Waals surface area contributed by atoms with Crippen LogP contribution in [0.5, 0.6) is 0 Å². The van der Waals surface area contributed by atoms with Gasteiger partial charge in [-0.1, -0.05) is 6.92 Å². The van der Waals surface area contributed by atoms with Crippen molar-refractivity contribution in [2.45, 2.75) is 57.3 Å². The summed E-state index contributed by atoms with van der Waals surface area (Å²) < 4.78 is 11.6. The smallest absolute Gasteiger partial charge is 0.0855 e. The molecular formula is C15H30N2O2. The Labute approximate surface area is 117 Å². The van der Waals surface area contributed by atoms with E-state index < -0.39 is 0 Å². The molecule has 0 bridgehead atoms. The zero-order valence-electron chi connectivity index (χ0n) is 12.6. The van der Waals surface area contributed by atoms with Crippen LogP contribution >= 0.6 is 0 Å². The van der Waals surface area contributed by atoms with Crippen LogP contribution in [0, 0.1) is 0 Å². The maximum absolute atomic E-state index is 5.95. The third kappa shape index (κ3) is 4.71. The quantitative estimate of drug-likeness (QED) is 0.762. The second-order valence-electron chi connectivity index (χ2n) is 5.76. The van der Waals surface area contributed by atoms with Crippen molar-refractivity contribution in [2.24, 2.45) is 0 Å². The van der Waals surface area contributed by atoms with Gasteiger partial charge in [0.25, 0.3) is 0 Å². The highest BCUT2D eigenvalue weighted by Crippen LogP contribution is 2.20. The normalized spacial score (nSPS) is 30.6. The molecule has 0 aromatic heterocycles. The Kier molecular flexibility index (Phi) is 6.57. The van der Waals surface area contributed by atoms with Gasteiger partial charge in [-0.15, -0.1) is 0 Å². The molecule has 1 N–H and O–H groups in total. The maximum atomic E-state index is 5.95. The van der Waals surface area contributed by atoms with Crippen molar-refractivity contribution in [3.63, 3.8) is 0 Å². The van der Waals surface area contributed by atoms with Crippen LogP contribution in [0.15, 0.2) is 0 Å². The molecule has 0 amide bonds. The molecule has 2 rings (SSSR count). The fourth-order valence-electron chi connectivity index (χ4n) is 3.22. The van der Waals surface area contributed by atoms with Crippen molar-refractivity contribution in [2.75, 3.05) is 39.9 Å². The first kappa shape index (κ1) is 15.2. The van der Waals surface area contributed by atoms with Gasteiger partial charge in [-0.05, 0) is 45.7 Å². The molecule has 3 unspecified atom stereocenters. The summed E-state index contributed by atoms with van der Waals surface area (Å²) in [6, 6.07) is 0.482. The highest BCUT2D eigenvalue weighted by molar-refractivity contribution is 4.82. The summed E-state index contributed by atoms with van der Waals surface area (Å²) in [4.78, 5) is 2.48. The Morgan fingerprint density at radius 3 is 2.89 bits per heavy atom. The molecule has 112 valence electrons. The molecule has 2 saturated heterocycles. The van der Waals surface area contributed by atoms with E-state index in [-0.39, 0.29) is 0 Å². The van der Waals surface area contributed by atoms with Gasteiger partial charge in [0.05, 0.1) is 18.8 Å². The minimum Gasteiger partial charge on any atom is -0.378 e. The van der Waals surface area contributed by atoms with Crippen molar-refractivity contribution in [1.29, 1.82) is 0 Å². The molecule has 2 aliphatic heterocycles. The van der Waals surface area contributed by atoms with E-state index in [9.17, 15) is 0 Å². The lowest BCUT2D eigenvalue weighted by atomic mass is 10.0. The van der Waals surface area contributed by atoms with E-state index in [4.69, 9.17) is 9.47 Å². The standard InChI is InChI=1S/C15H30N2O2/c1-3-17-9-11-19-15(12-17)14(16-2)8-4-6-13-7-5-10-18-13/h13-16H,3-12H2,1-2H3. The number of hydrogen-bond donors (Lipinski definition) is 1. The summed E-state index contributed by atoms with van der Waals surface area (Å²) in [5.41, 5.74) is 0. The molecule has 0 aromatic carbocycles. The number of rotatable bonds is 7. The number of hydrogen-bond acceptors (Lipinski definition) is 4. The summed E-state index contributed by atoms with van der Waals surface area (Å²) >= 11 is 0. The van der Waals surface area contributed by atoms with Crippen LogP contribution in [0.4, 0.5) is 0 Å². The molecule has 2 heterocycles. The molecule has 0 radical (unpaired) electrons. The second-order valence-corrected chi connectivity index (χ2v) is 5.76. The predicted octanol–water partition coefficient (Wildman–Crippen LogP) is 1.64. The average Bonchev–Trinajstić information content (AvgIpc) is 2.97. The Morgan fingerprint density at radius 2 is 2.21 bits per heavy atom. The van der Waals surface area contributed by atoms with Crippen molar-refractivity contribution in [3.05, 3.63) is 0 Å². The van der Waals surface area contributed by atoms with Crippen LogP contribution in [-0.4, -0.2) is 63.0 Å². The van der Waals surface area contributed by atoms with Gasteiger partial charge in [-0.25, -0.2) is 0 Å². The van der Waals surface area contributed by atoms with E-state index in [0.29, 0.717) is 18.2 Å². The molecule has 3 atom stereocenters. The first-order valence-electron chi connectivity index (χ1n) is 7.96. The summed E-state index contributed by atoms with van der Waals surface area (Å²) in [6.07, 6.45) is 7.02. The Bertz CT molecular complexity index is 244. The maximum Gasteiger partial charge on any atom is 0.0855 e. The van der Waals surface area contributed by atoms with Crippen LogP contribution in [-0.2, 0) is 9.47 Å². The lowest BCUT2D eigenvalue weighted by Gasteiger charge is -2.36. The van der Waals surface area contributed by atoms with Gasteiger partial charge in [0.2, 0.25) is 0 Å². The van der Waals surface area contributed by atoms with Gasteiger partial charge in [0, 0.05) is 25.7 Å². The summed E-state index contributed by atoms with van der Waals surface area (Å²) in [5.74, 6) is 0. The fraction of sp³-hybridized carbons (Fsp3) is 1.00. The highest BCUT2D eigenvalue weighted by atomic mass is 16.5. The number of nitrogens with zero attached hydrogens (tertiary/aromatic N) is 1. The zero-order valence-corrected chi connectivity index (χ0v) is 12.6. The molecule has 19 heavy (non-hydrogen) atoms. The minimum absolute atomic E-state index is 0.350. The lowest BCUT2D eigenvalue weighted by molar-refractivity contribution is -0.0457. The van der Waals surface area contributed by atoms with Gasteiger partial charge >= 0.3 is 0 Å². The SMILES string of the molecule is CCN1CCOC(C(CCCC2CCCO2)NC)C1. The van der Waals surface area contributed by atoms with Gasteiger partial charge in [-0.2, -0.15) is 0 Å². The van der Waals surface area contributed by atoms with Crippen LogP contribution in [0.25, 0.3) is 0 Å². The topological polar surface area (TPSA) is 33.7 Å². The number of morpholine rings is 1. The summed E-state index contributed by atoms with van der Waals surface area (Å²) in [6.45, 7) is 7.36. The van der Waals surface area contributed by atoms with E-state index in [1.165, 1.54) is 32.1 Å². The largest absolute Gasteiger partial charge is 0.378 e. The zero-order chi connectivity index (χ0) is 13.5. The molecule has 2 aliphatic rings. The molecule has 0 aromatic rings. The minimum atomic E-state index is 0.350. The molecule has 2 fully saturated rings. The van der Waals surface area contributed by atoms with E-state index >= 15 is 0 Å². The van der Waals surface area contributed by atoms with Crippen LogP contribution in [0.3, 0.4) is 0 Å². The molecule has 0 spiro atoms. The first-order valence-corrected chi connectivity index (χ1v) is 7.96. The predicted molar refractivity (Wildman–Crippen MR) is 77.5 cm³/mol.